The molecule has 8 atom stereocenters. The molecule has 306 valence electrons. The Bertz CT molecular complexity index is 1600. The average molecular weight is 815 g/mol. The number of esters is 2. The number of rotatable bonds is 24. The van der Waals surface area contributed by atoms with Crippen molar-refractivity contribution >= 4 is 27.6 Å². The molecule has 18 heteroatoms. The molecule has 1 aliphatic carbocycles. The van der Waals surface area contributed by atoms with Crippen molar-refractivity contribution in [3.05, 3.63) is 0 Å². The lowest BCUT2D eigenvalue weighted by molar-refractivity contribution is -0.216. The van der Waals surface area contributed by atoms with Crippen LogP contribution in [0.2, 0.25) is 0 Å². The molecule has 0 aromatic heterocycles. The van der Waals surface area contributed by atoms with Gasteiger partial charge in [0.2, 0.25) is 0 Å². The lowest BCUT2D eigenvalue weighted by Gasteiger charge is -2.43. The van der Waals surface area contributed by atoms with Crippen molar-refractivity contribution in [2.24, 2.45) is 0 Å². The molecule has 1 saturated carbocycles. The highest BCUT2D eigenvalue weighted by molar-refractivity contribution is 7.47. The van der Waals surface area contributed by atoms with Crippen LogP contribution in [0.1, 0.15) is 104 Å². The monoisotopic (exact) mass is 814 g/mol. The van der Waals surface area contributed by atoms with Gasteiger partial charge in [-0.25, -0.2) is 13.9 Å². The van der Waals surface area contributed by atoms with Gasteiger partial charge in [-0.05, 0) is 60.7 Å². The summed E-state index contributed by atoms with van der Waals surface area (Å²) in [6.07, 6.45) is -0.967. The maximum atomic E-state index is 12.8. The Balaban J connectivity index is 2.81. The number of hydrogen-bond donors (Lipinski definition) is 7. The topological polar surface area (TPSA) is 256 Å². The molecule has 1 fully saturated rings. The second-order valence-electron chi connectivity index (χ2n) is 12.4. The highest BCUT2D eigenvalue weighted by Crippen LogP contribution is 2.49. The van der Waals surface area contributed by atoms with Crippen LogP contribution in [-0.2, 0) is 41.8 Å². The predicted octanol–water partition coefficient (Wildman–Crippen LogP) is 2.40. The molecule has 55 heavy (non-hydrogen) atoms. The lowest BCUT2D eigenvalue weighted by Crippen LogP contribution is -2.64. The summed E-state index contributed by atoms with van der Waals surface area (Å²) in [6, 6.07) is 0. The maximum absolute atomic E-state index is 12.8. The number of unbranched alkanes of at least 4 members (excludes halogenated alkanes) is 12. The molecular weight excluding hydrogens is 762 g/mol. The van der Waals surface area contributed by atoms with Gasteiger partial charge in [-0.1, -0.05) is 89.9 Å². The minimum Gasteiger partial charge on any atom is -0.456 e. The largest absolute Gasteiger partial charge is 0.472 e. The number of phosphoric acid groups is 2. The third-order valence-corrected chi connectivity index (χ3v) is 9.40. The summed E-state index contributed by atoms with van der Waals surface area (Å²) in [4.78, 5) is 53.4. The van der Waals surface area contributed by atoms with E-state index in [1.54, 1.807) is 6.92 Å². The first-order valence-electron chi connectivity index (χ1n) is 18.0. The van der Waals surface area contributed by atoms with Gasteiger partial charge in [0.1, 0.15) is 43.2 Å². The van der Waals surface area contributed by atoms with Crippen LogP contribution in [-0.4, -0.2) is 103 Å². The minimum absolute atomic E-state index is 0.0248. The molecule has 0 radical (unpaired) electrons. The fraction of sp³-hybridized carbons (Fsp3) is 0.676. The SMILES string of the molecule is CC#CC#CC#CC#CC#CC(=O)OC[C@@H](COP(=O)(O)OC1C(O)[C@@H](OP(=O)(O)O)C(O)[C@@H](O)[C@H]1O)OC(=O)CCCCCCCCCCCCCCC. The van der Waals surface area contributed by atoms with Crippen LogP contribution in [0.15, 0.2) is 0 Å². The van der Waals surface area contributed by atoms with Crippen molar-refractivity contribution in [2.75, 3.05) is 13.2 Å². The number of carbonyl (C=O) groups is 2. The highest BCUT2D eigenvalue weighted by atomic mass is 31.2. The summed E-state index contributed by atoms with van der Waals surface area (Å²) in [5.74, 6) is 21.7. The normalized spacial score (nSPS) is 21.8. The van der Waals surface area contributed by atoms with Crippen molar-refractivity contribution < 1.29 is 76.9 Å². The Labute approximate surface area is 322 Å². The van der Waals surface area contributed by atoms with Crippen LogP contribution in [0, 0.1) is 59.2 Å². The van der Waals surface area contributed by atoms with Crippen LogP contribution < -0.4 is 0 Å². The van der Waals surface area contributed by atoms with Crippen LogP contribution in [0.5, 0.6) is 0 Å². The second kappa shape index (κ2) is 28.2. The predicted molar refractivity (Wildman–Crippen MR) is 197 cm³/mol. The smallest absolute Gasteiger partial charge is 0.456 e. The molecule has 4 unspecified atom stereocenters. The number of aliphatic hydroxyl groups excluding tert-OH is 4. The molecule has 1 rings (SSSR count). The number of aliphatic hydroxyl groups is 4. The van der Waals surface area contributed by atoms with Crippen LogP contribution >= 0.6 is 15.6 Å². The Morgan fingerprint density at radius 2 is 1.09 bits per heavy atom. The Kier molecular flexibility index (Phi) is 25.6. The van der Waals surface area contributed by atoms with E-state index in [0.717, 1.165) is 32.1 Å². The van der Waals surface area contributed by atoms with Gasteiger partial charge in [-0.2, -0.15) is 0 Å². The Morgan fingerprint density at radius 1 is 0.618 bits per heavy atom. The van der Waals surface area contributed by atoms with Crippen molar-refractivity contribution in [1.82, 2.24) is 0 Å². The molecule has 0 amide bonds. The summed E-state index contributed by atoms with van der Waals surface area (Å²) >= 11 is 0. The van der Waals surface area contributed by atoms with E-state index in [1.807, 2.05) is 0 Å². The molecule has 0 spiro atoms. The molecule has 0 aromatic rings. The van der Waals surface area contributed by atoms with Crippen LogP contribution in [0.25, 0.3) is 0 Å². The molecule has 0 aromatic carbocycles. The molecule has 0 bridgehead atoms. The van der Waals surface area contributed by atoms with Gasteiger partial charge in [0.15, 0.2) is 6.10 Å². The zero-order valence-electron chi connectivity index (χ0n) is 31.1. The zero-order valence-corrected chi connectivity index (χ0v) is 32.8. The highest BCUT2D eigenvalue weighted by Gasteiger charge is 2.54. The molecule has 7 N–H and O–H groups in total. The summed E-state index contributed by atoms with van der Waals surface area (Å²) in [6.45, 7) is 2.15. The first-order valence-corrected chi connectivity index (χ1v) is 21.0. The summed E-state index contributed by atoms with van der Waals surface area (Å²) in [5.41, 5.74) is 0. The summed E-state index contributed by atoms with van der Waals surface area (Å²) in [5, 5.41) is 40.9. The van der Waals surface area contributed by atoms with E-state index in [2.05, 4.69) is 70.7 Å². The van der Waals surface area contributed by atoms with E-state index in [0.29, 0.717) is 6.42 Å². The first kappa shape index (κ1) is 49.8. The number of hydrogen-bond acceptors (Lipinski definition) is 13. The van der Waals surface area contributed by atoms with Crippen molar-refractivity contribution in [1.29, 1.82) is 0 Å². The molecular formula is C37H52O16P2. The first-order chi connectivity index (χ1) is 26.1. The van der Waals surface area contributed by atoms with Crippen molar-refractivity contribution in [3.8, 4) is 59.2 Å². The van der Waals surface area contributed by atoms with Crippen LogP contribution in [0.4, 0.5) is 0 Å². The van der Waals surface area contributed by atoms with Crippen molar-refractivity contribution in [3.63, 3.8) is 0 Å². The standard InChI is InChI=1S/C37H52O16P2/c1-3-5-7-9-11-13-14-15-16-18-20-22-24-26-31(39)51-29(27-49-30(38)25-23-21-19-17-12-10-8-6-4-2)28-50-55(47,48)53-37-34(42)32(40)33(41)36(35(37)43)52-54(44,45)46/h29,32-37,40-43H,3,5,7,9,11,13-16,18,20,22,24,26-28H2,1-2H3,(H,47,48)(H2,44,45,46)/t29-,32+,33?,34+,35?,36-,37?/m0/s1. The fourth-order valence-electron chi connectivity index (χ4n) is 5.14. The van der Waals surface area contributed by atoms with Gasteiger partial charge in [0, 0.05) is 12.3 Å². The van der Waals surface area contributed by atoms with Gasteiger partial charge in [-0.3, -0.25) is 18.4 Å². The van der Waals surface area contributed by atoms with Gasteiger partial charge in [0.25, 0.3) is 0 Å². The molecule has 16 nitrogen and oxygen atoms in total. The summed E-state index contributed by atoms with van der Waals surface area (Å²) < 4.78 is 48.4. The van der Waals surface area contributed by atoms with Crippen LogP contribution in [0.3, 0.4) is 0 Å². The minimum atomic E-state index is -5.38. The molecule has 1 aliphatic rings. The van der Waals surface area contributed by atoms with Gasteiger partial charge in [0.05, 0.1) is 6.61 Å². The Hall–Kier alpha value is -3.20. The van der Waals surface area contributed by atoms with Gasteiger partial charge in [-0.15, -0.1) is 0 Å². The molecule has 0 aliphatic heterocycles. The average Bonchev–Trinajstić information content (AvgIpc) is 3.13. The second-order valence-corrected chi connectivity index (χ2v) is 15.0. The number of carbonyl (C=O) groups excluding carboxylic acids is 2. The fourth-order valence-corrected chi connectivity index (χ4v) is 6.68. The quantitative estimate of drug-likeness (QED) is 0.0243. The number of phosphoric ester groups is 2. The zero-order chi connectivity index (χ0) is 41.1. The van der Waals surface area contributed by atoms with E-state index in [4.69, 9.17) is 28.3 Å². The number of ether oxygens (including phenoxy) is 2. The third kappa shape index (κ3) is 23.5. The van der Waals surface area contributed by atoms with Gasteiger partial charge >= 0.3 is 27.6 Å². The van der Waals surface area contributed by atoms with E-state index >= 15 is 0 Å². The van der Waals surface area contributed by atoms with Gasteiger partial charge < -0.3 is 44.6 Å². The van der Waals surface area contributed by atoms with E-state index in [1.165, 1.54) is 44.9 Å². The molecule has 0 heterocycles. The third-order valence-electron chi connectivity index (χ3n) is 7.89. The van der Waals surface area contributed by atoms with E-state index in [-0.39, 0.29) is 6.42 Å². The Morgan fingerprint density at radius 3 is 1.60 bits per heavy atom. The lowest BCUT2D eigenvalue weighted by atomic mass is 9.85. The molecule has 0 saturated heterocycles. The summed E-state index contributed by atoms with van der Waals surface area (Å²) in [7, 11) is -10.7. The van der Waals surface area contributed by atoms with E-state index < -0.39 is 83.5 Å². The maximum Gasteiger partial charge on any atom is 0.472 e. The van der Waals surface area contributed by atoms with E-state index in [9.17, 15) is 44.0 Å². The van der Waals surface area contributed by atoms with Crippen molar-refractivity contribution in [2.45, 2.75) is 146 Å².